The van der Waals surface area contributed by atoms with Crippen molar-refractivity contribution in [2.45, 2.75) is 10.9 Å². The third kappa shape index (κ3) is 4.04. The van der Waals surface area contributed by atoms with E-state index in [0.29, 0.717) is 33.5 Å². The molecule has 3 aromatic heterocycles. The average molecular weight is 402 g/mol. The monoisotopic (exact) mass is 401 g/mol. The van der Waals surface area contributed by atoms with Gasteiger partial charge in [-0.25, -0.2) is 4.98 Å². The lowest BCUT2D eigenvalue weighted by atomic mass is 10.2. The van der Waals surface area contributed by atoms with Crippen molar-refractivity contribution in [2.24, 2.45) is 0 Å². The molecule has 0 aliphatic heterocycles. The summed E-state index contributed by atoms with van der Waals surface area (Å²) >= 11 is 9.24. The van der Waals surface area contributed by atoms with Gasteiger partial charge < -0.3 is 4.52 Å². The van der Waals surface area contributed by atoms with E-state index in [1.54, 1.807) is 17.4 Å². The maximum atomic E-state index is 6.15. The highest BCUT2D eigenvalue weighted by atomic mass is 35.5. The first-order valence-corrected chi connectivity index (χ1v) is 9.86. The van der Waals surface area contributed by atoms with E-state index in [-0.39, 0.29) is 0 Å². The molecular formula is C17H12ClN5OS2. The highest BCUT2D eigenvalue weighted by Crippen LogP contribution is 2.26. The van der Waals surface area contributed by atoms with Gasteiger partial charge in [0, 0.05) is 10.4 Å². The molecule has 0 saturated heterocycles. The first-order valence-electron chi connectivity index (χ1n) is 7.62. The molecule has 0 saturated carbocycles. The molecule has 6 nitrogen and oxygen atoms in total. The number of nitrogens with zero attached hydrogens (tertiary/aromatic N) is 4. The van der Waals surface area contributed by atoms with Crippen molar-refractivity contribution < 1.29 is 4.52 Å². The van der Waals surface area contributed by atoms with Gasteiger partial charge in [-0.2, -0.15) is 4.98 Å². The van der Waals surface area contributed by atoms with Crippen LogP contribution >= 0.6 is 34.7 Å². The molecule has 0 bridgehead atoms. The number of thiophene rings is 1. The molecule has 0 amide bonds. The van der Waals surface area contributed by atoms with Gasteiger partial charge in [-0.3, -0.25) is 5.10 Å². The lowest BCUT2D eigenvalue weighted by Crippen LogP contribution is -1.84. The maximum absolute atomic E-state index is 6.15. The first kappa shape index (κ1) is 17.0. The van der Waals surface area contributed by atoms with Crippen LogP contribution in [0.4, 0.5) is 0 Å². The highest BCUT2D eigenvalue weighted by Gasteiger charge is 2.12. The van der Waals surface area contributed by atoms with Crippen LogP contribution in [-0.4, -0.2) is 25.3 Å². The van der Waals surface area contributed by atoms with E-state index in [0.717, 1.165) is 10.4 Å². The van der Waals surface area contributed by atoms with Gasteiger partial charge in [0.2, 0.25) is 16.9 Å². The number of H-pyrrole nitrogens is 1. The molecule has 9 heteroatoms. The quantitative estimate of drug-likeness (QED) is 0.456. The molecule has 0 aliphatic rings. The van der Waals surface area contributed by atoms with Crippen molar-refractivity contribution in [3.63, 3.8) is 0 Å². The van der Waals surface area contributed by atoms with Gasteiger partial charge in [0.1, 0.15) is 5.82 Å². The zero-order valence-electron chi connectivity index (χ0n) is 13.3. The number of nitrogens with one attached hydrogen (secondary N) is 1. The maximum Gasteiger partial charge on any atom is 0.237 e. The van der Waals surface area contributed by atoms with Crippen molar-refractivity contribution >= 4 is 46.9 Å². The highest BCUT2D eigenvalue weighted by molar-refractivity contribution is 7.98. The topological polar surface area (TPSA) is 80.5 Å². The second kappa shape index (κ2) is 7.86. The van der Waals surface area contributed by atoms with E-state index in [9.17, 15) is 0 Å². The fourth-order valence-corrected chi connectivity index (χ4v) is 3.62. The number of thioether (sulfide) groups is 1. The van der Waals surface area contributed by atoms with E-state index in [1.807, 2.05) is 47.9 Å². The second-order valence-corrected chi connectivity index (χ2v) is 7.46. The average Bonchev–Trinajstić information content (AvgIpc) is 3.40. The van der Waals surface area contributed by atoms with Gasteiger partial charge in [-0.15, -0.1) is 16.4 Å². The molecule has 1 aromatic carbocycles. The summed E-state index contributed by atoms with van der Waals surface area (Å²) in [4.78, 5) is 9.94. The Hall–Kier alpha value is -2.42. The zero-order chi connectivity index (χ0) is 17.8. The van der Waals surface area contributed by atoms with Gasteiger partial charge in [-0.05, 0) is 35.7 Å². The number of hydrogen-bond donors (Lipinski definition) is 1. The number of rotatable bonds is 6. The minimum absolute atomic E-state index is 0.473. The van der Waals surface area contributed by atoms with Crippen LogP contribution in [0.15, 0.2) is 51.5 Å². The molecular weight excluding hydrogens is 390 g/mol. The Labute approximate surface area is 162 Å². The molecule has 1 N–H and O–H groups in total. The number of hydrogen-bond acceptors (Lipinski definition) is 7. The molecule has 0 unspecified atom stereocenters. The van der Waals surface area contributed by atoms with Crippen LogP contribution in [0.1, 0.15) is 16.6 Å². The summed E-state index contributed by atoms with van der Waals surface area (Å²) in [5.74, 6) is 2.14. The SMILES string of the molecule is Clc1ccccc1-c1noc(CSc2n[nH]c(/C=C/c3cccs3)n2)n1. The molecule has 4 aromatic rings. The predicted molar refractivity (Wildman–Crippen MR) is 104 cm³/mol. The number of aromatic nitrogens is 5. The molecule has 26 heavy (non-hydrogen) atoms. The summed E-state index contributed by atoms with van der Waals surface area (Å²) in [5, 5.41) is 14.3. The van der Waals surface area contributed by atoms with Gasteiger partial charge in [-0.1, -0.05) is 46.7 Å². The normalized spacial score (nSPS) is 11.4. The van der Waals surface area contributed by atoms with Crippen molar-refractivity contribution in [1.82, 2.24) is 25.3 Å². The number of benzene rings is 1. The lowest BCUT2D eigenvalue weighted by molar-refractivity contribution is 0.391. The summed E-state index contributed by atoms with van der Waals surface area (Å²) in [5.41, 5.74) is 0.744. The van der Waals surface area contributed by atoms with Crippen LogP contribution in [0.25, 0.3) is 23.5 Å². The molecule has 0 fully saturated rings. The number of halogens is 1. The fraction of sp³-hybridized carbons (Fsp3) is 0.0588. The largest absolute Gasteiger partial charge is 0.338 e. The van der Waals surface area contributed by atoms with Crippen molar-refractivity contribution in [3.8, 4) is 11.4 Å². The minimum atomic E-state index is 0.473. The Kier molecular flexibility index (Phi) is 5.14. The third-order valence-corrected chi connectivity index (χ3v) is 5.34. The number of aromatic amines is 1. The van der Waals surface area contributed by atoms with Crippen LogP contribution in [0.5, 0.6) is 0 Å². The van der Waals surface area contributed by atoms with Crippen LogP contribution in [0.3, 0.4) is 0 Å². The Morgan fingerprint density at radius 3 is 2.92 bits per heavy atom. The van der Waals surface area contributed by atoms with E-state index in [2.05, 4.69) is 25.3 Å². The smallest absolute Gasteiger partial charge is 0.237 e. The van der Waals surface area contributed by atoms with E-state index in [1.165, 1.54) is 11.8 Å². The predicted octanol–water partition coefficient (Wildman–Crippen LogP) is 5.03. The minimum Gasteiger partial charge on any atom is -0.338 e. The standard InChI is InChI=1S/C17H12ClN5OS2/c18-13-6-2-1-5-12(13)16-20-15(24-23-16)10-26-17-19-14(21-22-17)8-7-11-4-3-9-25-11/h1-9H,10H2,(H,19,21,22)/b8-7+. The Balaban J connectivity index is 1.38. The van der Waals surface area contributed by atoms with Crippen LogP contribution < -0.4 is 0 Å². The van der Waals surface area contributed by atoms with Crippen molar-refractivity contribution in [3.05, 3.63) is 63.4 Å². The fourth-order valence-electron chi connectivity index (χ4n) is 2.14. The van der Waals surface area contributed by atoms with Crippen molar-refractivity contribution in [1.29, 1.82) is 0 Å². The van der Waals surface area contributed by atoms with Gasteiger partial charge in [0.15, 0.2) is 0 Å². The Morgan fingerprint density at radius 1 is 1.15 bits per heavy atom. The molecule has 0 atom stereocenters. The zero-order valence-corrected chi connectivity index (χ0v) is 15.7. The molecule has 3 heterocycles. The van der Waals surface area contributed by atoms with E-state index in [4.69, 9.17) is 16.1 Å². The molecule has 0 radical (unpaired) electrons. The van der Waals surface area contributed by atoms with Crippen LogP contribution in [0, 0.1) is 0 Å². The summed E-state index contributed by atoms with van der Waals surface area (Å²) < 4.78 is 5.28. The summed E-state index contributed by atoms with van der Waals surface area (Å²) in [6.45, 7) is 0. The van der Waals surface area contributed by atoms with Gasteiger partial charge >= 0.3 is 0 Å². The summed E-state index contributed by atoms with van der Waals surface area (Å²) in [7, 11) is 0. The van der Waals surface area contributed by atoms with Crippen LogP contribution in [-0.2, 0) is 5.75 Å². The first-order chi connectivity index (χ1) is 12.8. The Morgan fingerprint density at radius 2 is 2.08 bits per heavy atom. The molecule has 4 rings (SSSR count). The summed E-state index contributed by atoms with van der Waals surface area (Å²) in [6, 6.07) is 11.4. The van der Waals surface area contributed by atoms with Gasteiger partial charge in [0.25, 0.3) is 0 Å². The third-order valence-electron chi connectivity index (χ3n) is 3.34. The van der Waals surface area contributed by atoms with E-state index >= 15 is 0 Å². The molecule has 0 spiro atoms. The van der Waals surface area contributed by atoms with Crippen LogP contribution in [0.2, 0.25) is 5.02 Å². The lowest BCUT2D eigenvalue weighted by Gasteiger charge is -1.95. The summed E-state index contributed by atoms with van der Waals surface area (Å²) in [6.07, 6.45) is 3.89. The van der Waals surface area contributed by atoms with Gasteiger partial charge in [0.05, 0.1) is 10.8 Å². The molecule has 130 valence electrons. The Bertz CT molecular complexity index is 1030. The van der Waals surface area contributed by atoms with Crippen molar-refractivity contribution in [2.75, 3.05) is 0 Å². The van der Waals surface area contributed by atoms with E-state index < -0.39 is 0 Å². The second-order valence-electron chi connectivity index (χ2n) is 5.13. The molecule has 0 aliphatic carbocycles.